The molecule has 231 valence electrons. The third-order valence-electron chi connectivity index (χ3n) is 8.96. The van der Waals surface area contributed by atoms with Crippen molar-refractivity contribution in [3.63, 3.8) is 0 Å². The number of benzene rings is 5. The van der Waals surface area contributed by atoms with E-state index in [1.165, 1.54) is 64.2 Å². The van der Waals surface area contributed by atoms with Gasteiger partial charge in [0.1, 0.15) is 0 Å². The van der Waals surface area contributed by atoms with E-state index in [-0.39, 0.29) is 20.1 Å². The Hall–Kier alpha value is -4.41. The van der Waals surface area contributed by atoms with Gasteiger partial charge < -0.3 is 4.98 Å². The molecular formula is C42H31IrN3S-2. The van der Waals surface area contributed by atoms with Crippen LogP contribution < -0.4 is 0 Å². The standard InChI is InChI=1S/C28H17N2S.C14H14N.Ir/c1-15-11-22-19(16(2)30-15)7-8-20-21-9-10-29-28-24-12-17-5-3-4-6-18(17)13-25(24)31-26(27(21)28)14-23(20)22;1-10-4-6-13(7-5-10)14-8-11(2)12(3)9-15-14;/h3-11,13-14H,1-2H3;4-6,8-9H,1-3H3;/q2*-1;. The molecule has 0 unspecified atom stereocenters. The molecule has 1 aliphatic heterocycles. The van der Waals surface area contributed by atoms with Crippen LogP contribution in [0, 0.1) is 46.8 Å². The second-order valence-electron chi connectivity index (χ2n) is 12.2. The Balaban J connectivity index is 0.000000186. The minimum atomic E-state index is 0. The molecule has 0 N–H and O–H groups in total. The van der Waals surface area contributed by atoms with E-state index in [9.17, 15) is 0 Å². The van der Waals surface area contributed by atoms with Gasteiger partial charge in [0.2, 0.25) is 0 Å². The predicted molar refractivity (Wildman–Crippen MR) is 193 cm³/mol. The summed E-state index contributed by atoms with van der Waals surface area (Å²) in [7, 11) is 0. The number of hydrogen-bond acceptors (Lipinski definition) is 4. The molecule has 8 aromatic rings. The van der Waals surface area contributed by atoms with Crippen LogP contribution in [-0.4, -0.2) is 15.0 Å². The fourth-order valence-electron chi connectivity index (χ4n) is 6.43. The van der Waals surface area contributed by atoms with Gasteiger partial charge >= 0.3 is 0 Å². The maximum atomic E-state index is 4.83. The molecule has 1 aliphatic rings. The fraction of sp³-hybridized carbons (Fsp3) is 0.119. The van der Waals surface area contributed by atoms with Crippen molar-refractivity contribution in [1.29, 1.82) is 0 Å². The molecule has 0 saturated carbocycles. The molecule has 1 radical (unpaired) electrons. The molecule has 3 nitrogen and oxygen atoms in total. The van der Waals surface area contributed by atoms with E-state index < -0.39 is 0 Å². The molecule has 9 rings (SSSR count). The van der Waals surface area contributed by atoms with Crippen molar-refractivity contribution in [2.24, 2.45) is 0 Å². The monoisotopic (exact) mass is 802 g/mol. The molecule has 0 saturated heterocycles. The normalized spacial score (nSPS) is 11.7. The largest absolute Gasteiger partial charge is 0.304 e. The summed E-state index contributed by atoms with van der Waals surface area (Å²) in [6, 6.07) is 37.0. The van der Waals surface area contributed by atoms with E-state index in [1.807, 2.05) is 30.2 Å². The molecule has 0 aliphatic carbocycles. The number of nitrogens with zero attached hydrogens (tertiary/aromatic N) is 3. The molecule has 5 heteroatoms. The van der Waals surface area contributed by atoms with E-state index in [4.69, 9.17) is 4.98 Å². The van der Waals surface area contributed by atoms with Crippen LogP contribution in [0.5, 0.6) is 0 Å². The molecule has 3 aromatic heterocycles. The van der Waals surface area contributed by atoms with Gasteiger partial charge in [0, 0.05) is 59.9 Å². The Labute approximate surface area is 292 Å². The van der Waals surface area contributed by atoms with Crippen LogP contribution in [0.4, 0.5) is 0 Å². The first kappa shape index (κ1) is 31.2. The number of pyridine rings is 3. The van der Waals surface area contributed by atoms with Crippen LogP contribution in [0.25, 0.3) is 65.6 Å². The topological polar surface area (TPSA) is 38.7 Å². The average Bonchev–Trinajstić information content (AvgIpc) is 3.06. The van der Waals surface area contributed by atoms with Crippen molar-refractivity contribution in [3.05, 3.63) is 138 Å². The quantitative estimate of drug-likeness (QED) is 0.122. The minimum Gasteiger partial charge on any atom is -0.304 e. The predicted octanol–water partition coefficient (Wildman–Crippen LogP) is 11.1. The summed E-state index contributed by atoms with van der Waals surface area (Å²) in [5, 5.41) is 9.89. The van der Waals surface area contributed by atoms with Crippen molar-refractivity contribution in [2.75, 3.05) is 0 Å². The molecule has 47 heavy (non-hydrogen) atoms. The second kappa shape index (κ2) is 12.3. The summed E-state index contributed by atoms with van der Waals surface area (Å²) in [6.07, 6.45) is 3.86. The Kier molecular flexibility index (Phi) is 8.18. The van der Waals surface area contributed by atoms with Crippen molar-refractivity contribution >= 4 is 54.9 Å². The molecule has 0 bridgehead atoms. The van der Waals surface area contributed by atoms with E-state index in [2.05, 4.69) is 136 Å². The summed E-state index contributed by atoms with van der Waals surface area (Å²) in [5.41, 5.74) is 10.1. The Morgan fingerprint density at radius 2 is 1.49 bits per heavy atom. The van der Waals surface area contributed by atoms with Crippen molar-refractivity contribution < 1.29 is 20.1 Å². The summed E-state index contributed by atoms with van der Waals surface area (Å²) < 4.78 is 0. The molecule has 0 fully saturated rings. The van der Waals surface area contributed by atoms with Crippen LogP contribution in [0.3, 0.4) is 0 Å². The van der Waals surface area contributed by atoms with Gasteiger partial charge in [0.15, 0.2) is 0 Å². The molecule has 0 spiro atoms. The molecule has 0 atom stereocenters. The Morgan fingerprint density at radius 3 is 2.30 bits per heavy atom. The molecule has 0 amide bonds. The van der Waals surface area contributed by atoms with E-state index in [1.54, 1.807) is 0 Å². The van der Waals surface area contributed by atoms with E-state index in [0.717, 1.165) is 39.3 Å². The van der Waals surface area contributed by atoms with Gasteiger partial charge in [0.05, 0.1) is 0 Å². The smallest absolute Gasteiger partial charge is 0.0454 e. The van der Waals surface area contributed by atoms with Gasteiger partial charge in [-0.3, -0.25) is 9.97 Å². The van der Waals surface area contributed by atoms with Gasteiger partial charge in [-0.1, -0.05) is 59.8 Å². The molecule has 5 aromatic carbocycles. The summed E-state index contributed by atoms with van der Waals surface area (Å²) in [5.74, 6) is 0. The third-order valence-corrected chi connectivity index (χ3v) is 10.0. The number of fused-ring (bicyclic) bond motifs is 7. The first-order valence-corrected chi connectivity index (χ1v) is 16.3. The van der Waals surface area contributed by atoms with Crippen LogP contribution >= 0.6 is 11.8 Å². The van der Waals surface area contributed by atoms with Crippen LogP contribution in [0.15, 0.2) is 107 Å². The van der Waals surface area contributed by atoms with Gasteiger partial charge in [0.25, 0.3) is 0 Å². The maximum Gasteiger partial charge on any atom is 0.0454 e. The third kappa shape index (κ3) is 5.53. The zero-order chi connectivity index (χ0) is 31.5. The van der Waals surface area contributed by atoms with Gasteiger partial charge in [-0.25, -0.2) is 0 Å². The second-order valence-corrected chi connectivity index (χ2v) is 13.3. The SMILES string of the molecule is Cc1c[c-]c(-c2cc(C)c(C)cn2)cc1.Cc1cc2c(ccc3c4ccnc5c4c(cc23)Sc2cc3ccccc3[c-]c2-5)c(C)n1.[Ir]. The maximum absolute atomic E-state index is 4.83. The van der Waals surface area contributed by atoms with Crippen LogP contribution in [0.1, 0.15) is 28.1 Å². The zero-order valence-electron chi connectivity index (χ0n) is 26.8. The summed E-state index contributed by atoms with van der Waals surface area (Å²) in [6.45, 7) is 10.4. The Bertz CT molecular complexity index is 2500. The van der Waals surface area contributed by atoms with Crippen LogP contribution in [0.2, 0.25) is 0 Å². The number of aromatic nitrogens is 3. The van der Waals surface area contributed by atoms with Crippen LogP contribution in [-0.2, 0) is 20.1 Å². The molecule has 4 heterocycles. The first-order valence-electron chi connectivity index (χ1n) is 15.5. The van der Waals surface area contributed by atoms with Gasteiger partial charge in [-0.05, 0) is 89.0 Å². The van der Waals surface area contributed by atoms with Crippen molar-refractivity contribution in [1.82, 2.24) is 15.0 Å². The minimum absolute atomic E-state index is 0. The Morgan fingerprint density at radius 1 is 0.681 bits per heavy atom. The number of rotatable bonds is 1. The summed E-state index contributed by atoms with van der Waals surface area (Å²) >= 11 is 1.83. The van der Waals surface area contributed by atoms with E-state index >= 15 is 0 Å². The fourth-order valence-corrected chi connectivity index (χ4v) is 7.59. The number of hydrogen-bond donors (Lipinski definition) is 0. The van der Waals surface area contributed by atoms with Crippen molar-refractivity contribution in [3.8, 4) is 22.5 Å². The van der Waals surface area contributed by atoms with E-state index in [0.29, 0.717) is 0 Å². The van der Waals surface area contributed by atoms with Crippen molar-refractivity contribution in [2.45, 2.75) is 44.4 Å². The number of aryl methyl sites for hydroxylation is 5. The first-order chi connectivity index (χ1) is 22.3. The average molecular weight is 802 g/mol. The molecular weight excluding hydrogens is 771 g/mol. The van der Waals surface area contributed by atoms with Gasteiger partial charge in [-0.2, -0.15) is 0 Å². The summed E-state index contributed by atoms with van der Waals surface area (Å²) in [4.78, 5) is 16.4. The zero-order valence-corrected chi connectivity index (χ0v) is 30.0. The van der Waals surface area contributed by atoms with Gasteiger partial charge in [-0.15, -0.1) is 70.7 Å².